The molecule has 0 atom stereocenters. The Morgan fingerprint density at radius 1 is 0.276 bits per heavy atom. The molecule has 0 saturated carbocycles. The van der Waals surface area contributed by atoms with E-state index in [0.29, 0.717) is 0 Å². The van der Waals surface area contributed by atoms with Crippen molar-refractivity contribution in [3.63, 3.8) is 0 Å². The highest BCUT2D eigenvalue weighted by Crippen LogP contribution is 2.45. The Morgan fingerprint density at radius 3 is 1.59 bits per heavy atom. The quantitative estimate of drug-likeness (QED) is 0.126. The van der Waals surface area contributed by atoms with Gasteiger partial charge >= 0.3 is 0 Å². The van der Waals surface area contributed by atoms with Gasteiger partial charge in [-0.05, 0) is 120 Å². The summed E-state index contributed by atoms with van der Waals surface area (Å²) >= 11 is 0. The highest BCUT2D eigenvalue weighted by Gasteiger charge is 2.23. The Bertz CT molecular complexity index is 3810. The summed E-state index contributed by atoms with van der Waals surface area (Å²) in [4.78, 5) is 0. The molecular formula is C56H34N2. The molecule has 268 valence electrons. The standard InChI is InChI=1S/C56H34N2/c1-2-16-40(17-3-1)57-54-34-39-31-36-15-5-4-14-35(36)30-38(39)33-50(54)47-28-29-53-55(56(47)57)48-23-11-13-25-52(48)58(53)51-24-12-10-18-41(51)37-26-27-46-44-21-7-6-19-42(44)43-20-8-9-22-45(43)49(46)32-37/h1-34H. The van der Waals surface area contributed by atoms with Crippen molar-refractivity contribution in [3.05, 3.63) is 206 Å². The number of fused-ring (bicyclic) bond motifs is 15. The first-order valence-corrected chi connectivity index (χ1v) is 20.1. The number of rotatable bonds is 3. The Balaban J connectivity index is 1.13. The Morgan fingerprint density at radius 2 is 0.845 bits per heavy atom. The van der Waals surface area contributed by atoms with E-state index in [1.165, 1.54) is 109 Å². The minimum absolute atomic E-state index is 1.16. The van der Waals surface area contributed by atoms with Crippen molar-refractivity contribution in [2.45, 2.75) is 0 Å². The van der Waals surface area contributed by atoms with Gasteiger partial charge in [0.25, 0.3) is 0 Å². The molecule has 0 radical (unpaired) electrons. The molecule has 2 aromatic heterocycles. The third-order valence-electron chi connectivity index (χ3n) is 12.6. The fourth-order valence-electron chi connectivity index (χ4n) is 10.1. The Kier molecular flexibility index (Phi) is 6.47. The summed E-state index contributed by atoms with van der Waals surface area (Å²) in [6, 6.07) is 76.4. The summed E-state index contributed by atoms with van der Waals surface area (Å²) in [5, 5.41) is 17.7. The number of hydrogen-bond acceptors (Lipinski definition) is 0. The normalized spacial score (nSPS) is 12.1. The number of aromatic nitrogens is 2. The molecule has 0 saturated heterocycles. The van der Waals surface area contributed by atoms with Gasteiger partial charge in [-0.2, -0.15) is 0 Å². The van der Waals surface area contributed by atoms with E-state index in [1.54, 1.807) is 0 Å². The van der Waals surface area contributed by atoms with Crippen LogP contribution in [0.4, 0.5) is 0 Å². The summed E-state index contributed by atoms with van der Waals surface area (Å²) in [5.74, 6) is 0. The molecule has 0 aliphatic heterocycles. The van der Waals surface area contributed by atoms with Crippen LogP contribution in [0.15, 0.2) is 206 Å². The van der Waals surface area contributed by atoms with Gasteiger partial charge in [-0.25, -0.2) is 0 Å². The maximum Gasteiger partial charge on any atom is 0.0641 e. The van der Waals surface area contributed by atoms with Gasteiger partial charge in [-0.15, -0.1) is 0 Å². The number of nitrogens with zero attached hydrogens (tertiary/aromatic N) is 2. The lowest BCUT2D eigenvalue weighted by molar-refractivity contribution is 1.18. The monoisotopic (exact) mass is 734 g/mol. The van der Waals surface area contributed by atoms with Crippen LogP contribution in [0, 0.1) is 0 Å². The molecule has 13 aromatic rings. The van der Waals surface area contributed by atoms with Crippen molar-refractivity contribution in [3.8, 4) is 22.5 Å². The summed E-state index contributed by atoms with van der Waals surface area (Å²) in [6.07, 6.45) is 0. The lowest BCUT2D eigenvalue weighted by Gasteiger charge is -2.16. The number of para-hydroxylation sites is 3. The van der Waals surface area contributed by atoms with Crippen LogP contribution < -0.4 is 0 Å². The van der Waals surface area contributed by atoms with Gasteiger partial charge in [0.15, 0.2) is 0 Å². The fraction of sp³-hybridized carbons (Fsp3) is 0. The van der Waals surface area contributed by atoms with Crippen molar-refractivity contribution in [1.82, 2.24) is 9.13 Å². The molecule has 0 bridgehead atoms. The van der Waals surface area contributed by atoms with Crippen molar-refractivity contribution in [2.24, 2.45) is 0 Å². The van der Waals surface area contributed by atoms with Crippen molar-refractivity contribution in [2.75, 3.05) is 0 Å². The van der Waals surface area contributed by atoms with Gasteiger partial charge in [0.1, 0.15) is 0 Å². The van der Waals surface area contributed by atoms with Gasteiger partial charge in [0.05, 0.1) is 27.8 Å². The number of hydrogen-bond donors (Lipinski definition) is 0. The van der Waals surface area contributed by atoms with E-state index >= 15 is 0 Å². The van der Waals surface area contributed by atoms with Crippen LogP contribution >= 0.6 is 0 Å². The summed E-state index contributed by atoms with van der Waals surface area (Å²) < 4.78 is 5.00. The average molecular weight is 735 g/mol. The molecule has 58 heavy (non-hydrogen) atoms. The zero-order chi connectivity index (χ0) is 37.9. The lowest BCUT2D eigenvalue weighted by Crippen LogP contribution is -1.97. The SMILES string of the molecule is c1ccc(-n2c3cc4cc5ccccc5cc4cc3c3ccc4c(c5ccccc5n4-c4ccccc4-c4ccc5c6ccccc6c6ccccc6c5c4)c32)cc1. The number of benzene rings is 11. The second kappa shape index (κ2) is 11.9. The first kappa shape index (κ1) is 31.5. The van der Waals surface area contributed by atoms with Gasteiger partial charge in [-0.1, -0.05) is 146 Å². The Labute approximate surface area is 334 Å². The van der Waals surface area contributed by atoms with E-state index in [9.17, 15) is 0 Å². The summed E-state index contributed by atoms with van der Waals surface area (Å²) in [7, 11) is 0. The fourth-order valence-corrected chi connectivity index (χ4v) is 10.1. The highest BCUT2D eigenvalue weighted by molar-refractivity contribution is 6.28. The minimum Gasteiger partial charge on any atom is -0.309 e. The molecule has 13 rings (SSSR count). The second-order valence-electron chi connectivity index (χ2n) is 15.7. The highest BCUT2D eigenvalue weighted by atomic mass is 15.0. The molecule has 2 heterocycles. The largest absolute Gasteiger partial charge is 0.309 e. The molecule has 0 N–H and O–H groups in total. The first-order chi connectivity index (χ1) is 28.8. The third-order valence-corrected chi connectivity index (χ3v) is 12.6. The average Bonchev–Trinajstić information content (AvgIpc) is 3.80. The molecule has 0 aliphatic rings. The van der Waals surface area contributed by atoms with Crippen LogP contribution in [0.1, 0.15) is 0 Å². The lowest BCUT2D eigenvalue weighted by atomic mass is 9.92. The molecule has 0 unspecified atom stereocenters. The van der Waals surface area contributed by atoms with E-state index < -0.39 is 0 Å². The van der Waals surface area contributed by atoms with Gasteiger partial charge in [0.2, 0.25) is 0 Å². The molecule has 0 amide bonds. The topological polar surface area (TPSA) is 9.86 Å². The molecule has 0 spiro atoms. The van der Waals surface area contributed by atoms with E-state index in [4.69, 9.17) is 0 Å². The minimum atomic E-state index is 1.16. The van der Waals surface area contributed by atoms with E-state index in [-0.39, 0.29) is 0 Å². The van der Waals surface area contributed by atoms with Crippen molar-refractivity contribution >= 4 is 97.5 Å². The zero-order valence-corrected chi connectivity index (χ0v) is 31.5. The third kappa shape index (κ3) is 4.37. The van der Waals surface area contributed by atoms with Crippen LogP contribution in [0.5, 0.6) is 0 Å². The van der Waals surface area contributed by atoms with Crippen LogP contribution in [0.25, 0.3) is 120 Å². The smallest absolute Gasteiger partial charge is 0.0641 e. The predicted molar refractivity (Wildman–Crippen MR) is 248 cm³/mol. The van der Waals surface area contributed by atoms with Crippen LogP contribution in [0.3, 0.4) is 0 Å². The summed E-state index contributed by atoms with van der Waals surface area (Å²) in [5.41, 5.74) is 9.55. The van der Waals surface area contributed by atoms with Crippen LogP contribution in [-0.4, -0.2) is 9.13 Å². The molecule has 2 nitrogen and oxygen atoms in total. The van der Waals surface area contributed by atoms with Gasteiger partial charge in [0, 0.05) is 32.8 Å². The Hall–Kier alpha value is -7.68. The van der Waals surface area contributed by atoms with Gasteiger partial charge < -0.3 is 9.13 Å². The second-order valence-corrected chi connectivity index (χ2v) is 15.7. The zero-order valence-electron chi connectivity index (χ0n) is 31.5. The van der Waals surface area contributed by atoms with Crippen LogP contribution in [0.2, 0.25) is 0 Å². The van der Waals surface area contributed by atoms with Crippen molar-refractivity contribution < 1.29 is 0 Å². The predicted octanol–water partition coefficient (Wildman–Crippen LogP) is 15.3. The van der Waals surface area contributed by atoms with Crippen molar-refractivity contribution in [1.29, 1.82) is 0 Å². The molecule has 0 fully saturated rings. The molecular weight excluding hydrogens is 701 g/mol. The first-order valence-electron chi connectivity index (χ1n) is 20.1. The van der Waals surface area contributed by atoms with E-state index in [0.717, 1.165) is 11.4 Å². The van der Waals surface area contributed by atoms with Crippen LogP contribution in [-0.2, 0) is 0 Å². The maximum absolute atomic E-state index is 2.50. The van der Waals surface area contributed by atoms with Gasteiger partial charge in [-0.3, -0.25) is 0 Å². The molecule has 11 aromatic carbocycles. The maximum atomic E-state index is 2.50. The van der Waals surface area contributed by atoms with E-state index in [2.05, 4.69) is 215 Å². The molecule has 2 heteroatoms. The summed E-state index contributed by atoms with van der Waals surface area (Å²) in [6.45, 7) is 0. The van der Waals surface area contributed by atoms with E-state index in [1.807, 2.05) is 0 Å². The molecule has 0 aliphatic carbocycles.